The summed E-state index contributed by atoms with van der Waals surface area (Å²) in [5, 5.41) is 2.76. The molecule has 3 heteroatoms. The van der Waals surface area contributed by atoms with Crippen LogP contribution in [0.5, 0.6) is 0 Å². The first-order chi connectivity index (χ1) is 8.25. The van der Waals surface area contributed by atoms with Crippen LogP contribution in [0.25, 0.3) is 0 Å². The smallest absolute Gasteiger partial charge is 0.287 e. The molecule has 3 nitrogen and oxygen atoms in total. The van der Waals surface area contributed by atoms with Gasteiger partial charge in [0.2, 0.25) is 5.78 Å². The summed E-state index contributed by atoms with van der Waals surface area (Å²) in [6.07, 6.45) is 4.11. The topological polar surface area (TPSA) is 46.2 Å². The van der Waals surface area contributed by atoms with Crippen LogP contribution in [-0.2, 0) is 16.0 Å². The van der Waals surface area contributed by atoms with E-state index in [0.717, 1.165) is 24.8 Å². The lowest BCUT2D eigenvalue weighted by Crippen LogP contribution is -2.42. The van der Waals surface area contributed by atoms with E-state index < -0.39 is 5.91 Å². The molecule has 1 fully saturated rings. The lowest BCUT2D eigenvalue weighted by molar-refractivity contribution is -0.138. The first-order valence-electron chi connectivity index (χ1n) is 6.13. The summed E-state index contributed by atoms with van der Waals surface area (Å²) >= 11 is 0. The molecule has 0 radical (unpaired) electrons. The van der Waals surface area contributed by atoms with Crippen molar-refractivity contribution < 1.29 is 9.59 Å². The number of hydrogen-bond acceptors (Lipinski definition) is 2. The molecular formula is C14H17NO2. The zero-order valence-electron chi connectivity index (χ0n) is 9.82. The maximum atomic E-state index is 11.6. The van der Waals surface area contributed by atoms with Gasteiger partial charge in [-0.25, -0.2) is 0 Å². The molecule has 17 heavy (non-hydrogen) atoms. The fourth-order valence-corrected chi connectivity index (χ4v) is 1.83. The van der Waals surface area contributed by atoms with Gasteiger partial charge in [-0.1, -0.05) is 30.3 Å². The number of nitrogens with one attached hydrogen (secondary N) is 1. The van der Waals surface area contributed by atoms with Gasteiger partial charge in [0.05, 0.1) is 0 Å². The van der Waals surface area contributed by atoms with Crippen LogP contribution in [0, 0.1) is 0 Å². The first kappa shape index (κ1) is 11.8. The van der Waals surface area contributed by atoms with Crippen molar-refractivity contribution in [2.24, 2.45) is 0 Å². The molecular weight excluding hydrogens is 214 g/mol. The van der Waals surface area contributed by atoms with E-state index >= 15 is 0 Å². The summed E-state index contributed by atoms with van der Waals surface area (Å²) in [4.78, 5) is 23.1. The van der Waals surface area contributed by atoms with Crippen molar-refractivity contribution in [1.82, 2.24) is 5.32 Å². The highest BCUT2D eigenvalue weighted by atomic mass is 16.2. The second-order valence-electron chi connectivity index (χ2n) is 4.51. The van der Waals surface area contributed by atoms with Gasteiger partial charge in [-0.15, -0.1) is 0 Å². The van der Waals surface area contributed by atoms with Crippen LogP contribution in [0.2, 0.25) is 0 Å². The summed E-state index contributed by atoms with van der Waals surface area (Å²) in [6, 6.07) is 9.99. The van der Waals surface area contributed by atoms with E-state index in [4.69, 9.17) is 0 Å². The SMILES string of the molecule is O=C(CCc1ccccc1)C(=O)NC1CCC1. The van der Waals surface area contributed by atoms with Crippen molar-refractivity contribution in [1.29, 1.82) is 0 Å². The third kappa shape index (κ3) is 3.41. The Balaban J connectivity index is 1.74. The van der Waals surface area contributed by atoms with Crippen LogP contribution in [0.4, 0.5) is 0 Å². The fraction of sp³-hybridized carbons (Fsp3) is 0.429. The number of benzene rings is 1. The summed E-state index contributed by atoms with van der Waals surface area (Å²) < 4.78 is 0. The molecule has 1 aromatic carbocycles. The molecule has 1 aliphatic carbocycles. The van der Waals surface area contributed by atoms with Crippen molar-refractivity contribution in [3.63, 3.8) is 0 Å². The minimum absolute atomic E-state index is 0.239. The predicted octanol–water partition coefficient (Wildman–Crippen LogP) is 1.86. The van der Waals surface area contributed by atoms with Gasteiger partial charge in [0.1, 0.15) is 0 Å². The van der Waals surface area contributed by atoms with Gasteiger partial charge in [-0.05, 0) is 31.2 Å². The van der Waals surface area contributed by atoms with Crippen molar-refractivity contribution in [3.8, 4) is 0 Å². The maximum absolute atomic E-state index is 11.6. The Bertz CT molecular complexity index is 396. The molecule has 0 saturated heterocycles. The minimum Gasteiger partial charge on any atom is -0.347 e. The number of ketones is 1. The van der Waals surface area contributed by atoms with Crippen LogP contribution in [-0.4, -0.2) is 17.7 Å². The van der Waals surface area contributed by atoms with Crippen molar-refractivity contribution >= 4 is 11.7 Å². The van der Waals surface area contributed by atoms with E-state index in [1.54, 1.807) is 0 Å². The standard InChI is InChI=1S/C14H17NO2/c16-13(14(17)15-12-7-4-8-12)10-9-11-5-2-1-3-6-11/h1-3,5-6,12H,4,7-10H2,(H,15,17). The third-order valence-corrected chi connectivity index (χ3v) is 3.18. The molecule has 1 amide bonds. The highest BCUT2D eigenvalue weighted by Gasteiger charge is 2.22. The number of hydrogen-bond donors (Lipinski definition) is 1. The third-order valence-electron chi connectivity index (χ3n) is 3.18. The lowest BCUT2D eigenvalue weighted by Gasteiger charge is -2.25. The average Bonchev–Trinajstić information content (AvgIpc) is 2.32. The van der Waals surface area contributed by atoms with E-state index in [9.17, 15) is 9.59 Å². The van der Waals surface area contributed by atoms with Gasteiger partial charge in [-0.3, -0.25) is 9.59 Å². The van der Waals surface area contributed by atoms with Crippen molar-refractivity contribution in [2.75, 3.05) is 0 Å². The number of rotatable bonds is 5. The molecule has 0 spiro atoms. The molecule has 1 aliphatic rings. The van der Waals surface area contributed by atoms with E-state index in [2.05, 4.69) is 5.32 Å². The molecule has 0 unspecified atom stereocenters. The van der Waals surface area contributed by atoms with E-state index in [1.807, 2.05) is 30.3 Å². The first-order valence-corrected chi connectivity index (χ1v) is 6.13. The van der Waals surface area contributed by atoms with Gasteiger partial charge >= 0.3 is 0 Å². The van der Waals surface area contributed by atoms with Crippen LogP contribution in [0.1, 0.15) is 31.2 Å². The molecule has 0 atom stereocenters. The summed E-state index contributed by atoms with van der Waals surface area (Å²) in [5.74, 6) is -0.716. The zero-order valence-corrected chi connectivity index (χ0v) is 9.82. The minimum atomic E-state index is -0.411. The Morgan fingerprint density at radius 1 is 1.18 bits per heavy atom. The van der Waals surface area contributed by atoms with Crippen molar-refractivity contribution in [2.45, 2.75) is 38.1 Å². The van der Waals surface area contributed by atoms with Gasteiger partial charge in [0, 0.05) is 12.5 Å². The summed E-state index contributed by atoms with van der Waals surface area (Å²) in [7, 11) is 0. The molecule has 90 valence electrons. The van der Waals surface area contributed by atoms with Crippen LogP contribution in [0.15, 0.2) is 30.3 Å². The van der Waals surface area contributed by atoms with E-state index in [-0.39, 0.29) is 11.8 Å². The lowest BCUT2D eigenvalue weighted by atomic mass is 9.93. The molecule has 1 N–H and O–H groups in total. The predicted molar refractivity (Wildman–Crippen MR) is 65.6 cm³/mol. The normalized spacial score (nSPS) is 15.1. The van der Waals surface area contributed by atoms with E-state index in [0.29, 0.717) is 12.8 Å². The van der Waals surface area contributed by atoms with Gasteiger partial charge in [0.15, 0.2) is 0 Å². The van der Waals surface area contributed by atoms with Crippen LogP contribution < -0.4 is 5.32 Å². The number of carbonyl (C=O) groups excluding carboxylic acids is 2. The Kier molecular flexibility index (Phi) is 3.91. The summed E-state index contributed by atoms with van der Waals surface area (Å²) in [5.41, 5.74) is 1.09. The van der Waals surface area contributed by atoms with Gasteiger partial charge in [0.25, 0.3) is 5.91 Å². The van der Waals surface area contributed by atoms with Crippen LogP contribution >= 0.6 is 0 Å². The monoisotopic (exact) mass is 231 g/mol. The molecule has 0 aliphatic heterocycles. The Hall–Kier alpha value is -1.64. The fourth-order valence-electron chi connectivity index (χ4n) is 1.83. The number of aryl methyl sites for hydroxylation is 1. The summed E-state index contributed by atoms with van der Waals surface area (Å²) in [6.45, 7) is 0. The van der Waals surface area contributed by atoms with Gasteiger partial charge < -0.3 is 5.32 Å². The molecule has 0 aromatic heterocycles. The van der Waals surface area contributed by atoms with Crippen LogP contribution in [0.3, 0.4) is 0 Å². The average molecular weight is 231 g/mol. The largest absolute Gasteiger partial charge is 0.347 e. The molecule has 0 bridgehead atoms. The van der Waals surface area contributed by atoms with Gasteiger partial charge in [-0.2, -0.15) is 0 Å². The number of carbonyl (C=O) groups is 2. The molecule has 1 aromatic rings. The highest BCUT2D eigenvalue weighted by molar-refractivity contribution is 6.36. The molecule has 1 saturated carbocycles. The quantitative estimate of drug-likeness (QED) is 0.786. The number of amides is 1. The van der Waals surface area contributed by atoms with E-state index in [1.165, 1.54) is 0 Å². The van der Waals surface area contributed by atoms with Crippen molar-refractivity contribution in [3.05, 3.63) is 35.9 Å². The zero-order chi connectivity index (χ0) is 12.1. The second kappa shape index (κ2) is 5.62. The Morgan fingerprint density at radius 2 is 1.88 bits per heavy atom. The maximum Gasteiger partial charge on any atom is 0.287 e. The highest BCUT2D eigenvalue weighted by Crippen LogP contribution is 2.17. The second-order valence-corrected chi connectivity index (χ2v) is 4.51. The Morgan fingerprint density at radius 3 is 2.47 bits per heavy atom. The molecule has 0 heterocycles. The Labute approximate surface area is 101 Å². The molecule has 2 rings (SSSR count). The number of Topliss-reactive ketones (excluding diaryl/α,β-unsaturated/α-hetero) is 1.